The molecular weight excluding hydrogens is 579 g/mol. The normalized spacial score (nSPS) is 27.2. The van der Waals surface area contributed by atoms with Crippen LogP contribution in [0.5, 0.6) is 0 Å². The minimum atomic E-state index is -0.701. The smallest absolute Gasteiger partial charge is 0.255 e. The second-order valence-electron chi connectivity index (χ2n) is 14.2. The van der Waals surface area contributed by atoms with Gasteiger partial charge in [0.1, 0.15) is 11.9 Å². The van der Waals surface area contributed by atoms with Crippen molar-refractivity contribution in [3.63, 3.8) is 0 Å². The lowest BCUT2D eigenvalue weighted by atomic mass is 9.72. The first-order valence-electron chi connectivity index (χ1n) is 16.0. The van der Waals surface area contributed by atoms with Gasteiger partial charge in [-0.05, 0) is 84.9 Å². The summed E-state index contributed by atoms with van der Waals surface area (Å²) in [6, 6.07) is 11.6. The van der Waals surface area contributed by atoms with Gasteiger partial charge in [0.25, 0.3) is 5.91 Å². The van der Waals surface area contributed by atoms with Gasteiger partial charge in [-0.1, -0.05) is 43.2 Å². The van der Waals surface area contributed by atoms with Crippen LogP contribution in [0.4, 0.5) is 4.39 Å². The maximum Gasteiger partial charge on any atom is 0.255 e. The van der Waals surface area contributed by atoms with Gasteiger partial charge in [-0.25, -0.2) is 4.39 Å². The van der Waals surface area contributed by atoms with E-state index in [0.717, 1.165) is 55.9 Å². The van der Waals surface area contributed by atoms with Crippen molar-refractivity contribution in [3.05, 3.63) is 75.1 Å². The number of piperidine rings is 1. The van der Waals surface area contributed by atoms with Crippen molar-refractivity contribution in [3.8, 4) is 0 Å². The molecule has 232 valence electrons. The lowest BCUT2D eigenvalue weighted by Gasteiger charge is -2.43. The molecule has 0 spiro atoms. The van der Waals surface area contributed by atoms with Crippen LogP contribution in [-0.4, -0.2) is 70.2 Å². The summed E-state index contributed by atoms with van der Waals surface area (Å²) in [6.07, 6.45) is 6.16. The number of amides is 3. The topological polar surface area (TPSA) is 73.0 Å². The molecule has 3 saturated heterocycles. The maximum atomic E-state index is 15.4. The van der Waals surface area contributed by atoms with Crippen LogP contribution >= 0.6 is 11.6 Å². The van der Waals surface area contributed by atoms with Crippen LogP contribution < -0.4 is 5.32 Å². The van der Waals surface area contributed by atoms with Gasteiger partial charge in [0.05, 0.1) is 0 Å². The molecule has 0 saturated carbocycles. The minimum absolute atomic E-state index is 0.197. The molecule has 4 heterocycles. The summed E-state index contributed by atoms with van der Waals surface area (Å²) in [6.45, 7) is 8.26. The number of likely N-dealkylation sites (tertiary alicyclic amines) is 1. The van der Waals surface area contributed by atoms with E-state index in [1.165, 1.54) is 28.5 Å². The monoisotopic (exact) mass is 618 g/mol. The Bertz CT molecular complexity index is 1540. The zero-order chi connectivity index (χ0) is 30.7. The lowest BCUT2D eigenvalue weighted by Crippen LogP contribution is -2.53. The lowest BCUT2D eigenvalue weighted by molar-refractivity contribution is -0.136. The number of nitrogens with one attached hydrogen (secondary N) is 1. The van der Waals surface area contributed by atoms with Crippen LogP contribution in [0.15, 0.2) is 42.0 Å². The van der Waals surface area contributed by atoms with Gasteiger partial charge in [-0.15, -0.1) is 0 Å². The van der Waals surface area contributed by atoms with E-state index >= 15 is 4.39 Å². The molecule has 0 radical (unpaired) electrons. The molecule has 5 aliphatic rings. The summed E-state index contributed by atoms with van der Waals surface area (Å²) in [5.41, 5.74) is 6.25. The van der Waals surface area contributed by atoms with Crippen LogP contribution in [0, 0.1) is 11.2 Å². The van der Waals surface area contributed by atoms with Gasteiger partial charge in [0, 0.05) is 67.4 Å². The average Bonchev–Trinajstić information content (AvgIpc) is 3.40. The van der Waals surface area contributed by atoms with Crippen molar-refractivity contribution in [1.82, 2.24) is 20.0 Å². The van der Waals surface area contributed by atoms with E-state index in [1.54, 1.807) is 5.57 Å². The summed E-state index contributed by atoms with van der Waals surface area (Å²) < 4.78 is 15.4. The Labute approximate surface area is 263 Å². The van der Waals surface area contributed by atoms with E-state index in [4.69, 9.17) is 11.6 Å². The zero-order valence-electron chi connectivity index (χ0n) is 25.5. The third-order valence-electron chi connectivity index (χ3n) is 10.5. The third-order valence-corrected chi connectivity index (χ3v) is 10.8. The molecule has 7 nitrogen and oxygen atoms in total. The highest BCUT2D eigenvalue weighted by atomic mass is 35.5. The Morgan fingerprint density at radius 2 is 1.70 bits per heavy atom. The molecule has 3 atom stereocenters. The van der Waals surface area contributed by atoms with Crippen LogP contribution in [0.2, 0.25) is 5.02 Å². The molecule has 2 aromatic rings. The molecule has 3 amide bonds. The molecule has 7 rings (SSSR count). The number of fused-ring (bicyclic) bond motifs is 3. The number of imide groups is 1. The first-order valence-corrected chi connectivity index (χ1v) is 16.3. The Balaban J connectivity index is 1.05. The number of halogens is 2. The maximum absolute atomic E-state index is 15.4. The number of carbonyl (C=O) groups excluding carboxylic acids is 3. The number of rotatable bonds is 6. The van der Waals surface area contributed by atoms with Crippen molar-refractivity contribution >= 4 is 34.9 Å². The predicted octanol–water partition coefficient (Wildman–Crippen LogP) is 5.55. The van der Waals surface area contributed by atoms with E-state index in [1.807, 2.05) is 18.2 Å². The standard InChI is InChI=1S/C35H40ClFN4O3/c1-35(2)12-11-22(29(15-35)21-3-5-25(36)6-4-21)17-40-26-7-8-27(40)20-39(19-26)16-24-13-23-18-41(34(44)28(23)14-30(24)37)31-9-10-32(42)38-33(31)43/h3-6,13-14,26-27,31H,7-12,15-20H2,1-2H3,(H,38,42,43). The zero-order valence-corrected chi connectivity index (χ0v) is 26.3. The fraction of sp³-hybridized carbons (Fsp3) is 0.514. The molecule has 3 unspecified atom stereocenters. The molecule has 0 aromatic heterocycles. The van der Waals surface area contributed by atoms with E-state index in [2.05, 4.69) is 41.1 Å². The van der Waals surface area contributed by atoms with Crippen molar-refractivity contribution in [2.45, 2.75) is 90.0 Å². The van der Waals surface area contributed by atoms with Crippen LogP contribution in [0.3, 0.4) is 0 Å². The van der Waals surface area contributed by atoms with Crippen molar-refractivity contribution in [1.29, 1.82) is 0 Å². The van der Waals surface area contributed by atoms with Gasteiger partial charge < -0.3 is 4.90 Å². The van der Waals surface area contributed by atoms with Crippen LogP contribution in [0.25, 0.3) is 5.57 Å². The van der Waals surface area contributed by atoms with Crippen molar-refractivity contribution in [2.24, 2.45) is 5.41 Å². The Morgan fingerprint density at radius 3 is 2.41 bits per heavy atom. The molecule has 1 N–H and O–H groups in total. The van der Waals surface area contributed by atoms with Gasteiger partial charge >= 0.3 is 0 Å². The number of allylic oxidation sites excluding steroid dienone is 1. The number of carbonyl (C=O) groups is 3. The average molecular weight is 619 g/mol. The summed E-state index contributed by atoms with van der Waals surface area (Å²) in [5.74, 6) is -1.49. The molecule has 44 heavy (non-hydrogen) atoms. The fourth-order valence-electron chi connectivity index (χ4n) is 8.15. The predicted molar refractivity (Wildman–Crippen MR) is 167 cm³/mol. The number of piperazine rings is 1. The van der Waals surface area contributed by atoms with Gasteiger partial charge in [-0.3, -0.25) is 29.5 Å². The highest BCUT2D eigenvalue weighted by molar-refractivity contribution is 6.30. The molecule has 9 heteroatoms. The van der Waals surface area contributed by atoms with Gasteiger partial charge in [0.15, 0.2) is 0 Å². The van der Waals surface area contributed by atoms with Crippen molar-refractivity contribution < 1.29 is 18.8 Å². The van der Waals surface area contributed by atoms with E-state index in [0.29, 0.717) is 36.2 Å². The van der Waals surface area contributed by atoms with E-state index in [9.17, 15) is 14.4 Å². The summed E-state index contributed by atoms with van der Waals surface area (Å²) >= 11 is 6.21. The Morgan fingerprint density at radius 1 is 0.977 bits per heavy atom. The minimum Gasteiger partial charge on any atom is -0.322 e. The number of hydrogen-bond acceptors (Lipinski definition) is 5. The largest absolute Gasteiger partial charge is 0.322 e. The summed E-state index contributed by atoms with van der Waals surface area (Å²) in [4.78, 5) is 43.7. The molecule has 3 fully saturated rings. The highest BCUT2D eigenvalue weighted by Crippen LogP contribution is 2.44. The highest BCUT2D eigenvalue weighted by Gasteiger charge is 2.42. The summed E-state index contributed by atoms with van der Waals surface area (Å²) in [5, 5.41) is 3.09. The summed E-state index contributed by atoms with van der Waals surface area (Å²) in [7, 11) is 0. The fourth-order valence-corrected chi connectivity index (χ4v) is 8.28. The quantitative estimate of drug-likeness (QED) is 0.430. The van der Waals surface area contributed by atoms with E-state index < -0.39 is 11.9 Å². The molecule has 2 aromatic carbocycles. The van der Waals surface area contributed by atoms with Crippen LogP contribution in [-0.2, 0) is 22.7 Å². The molecular formula is C35H40ClFN4O3. The first-order chi connectivity index (χ1) is 21.0. The molecule has 4 aliphatic heterocycles. The molecule has 2 bridgehead atoms. The SMILES string of the molecule is CC1(C)CCC(CN2C3CCC2CN(Cc2cc4c(cc2F)C(=O)N(C2CCC(=O)NC2=O)C4)C3)=C(c2ccc(Cl)cc2)C1. The number of nitrogens with zero attached hydrogens (tertiary/aromatic N) is 3. The second kappa shape index (κ2) is 11.4. The van der Waals surface area contributed by atoms with Gasteiger partial charge in [0.2, 0.25) is 11.8 Å². The molecule has 1 aliphatic carbocycles. The number of hydrogen-bond donors (Lipinski definition) is 1. The third kappa shape index (κ3) is 5.61. The first kappa shape index (κ1) is 29.6. The second-order valence-corrected chi connectivity index (χ2v) is 14.6. The number of benzene rings is 2. The Kier molecular flexibility index (Phi) is 7.66. The van der Waals surface area contributed by atoms with Crippen LogP contribution in [0.1, 0.15) is 85.8 Å². The van der Waals surface area contributed by atoms with E-state index in [-0.39, 0.29) is 36.0 Å². The van der Waals surface area contributed by atoms with Crippen molar-refractivity contribution in [2.75, 3.05) is 19.6 Å². The van der Waals surface area contributed by atoms with Gasteiger partial charge in [-0.2, -0.15) is 0 Å². The Hall–Kier alpha value is -3.07.